The molecule has 1 aliphatic carbocycles. The van der Waals surface area contributed by atoms with Crippen molar-refractivity contribution >= 4 is 34.2 Å². The Bertz CT molecular complexity index is 3270. The monoisotopic (exact) mass is 912 g/mol. The van der Waals surface area contributed by atoms with Gasteiger partial charge in [0.15, 0.2) is 0 Å². The number of hydrogen-bond donors (Lipinski definition) is 0. The van der Waals surface area contributed by atoms with Crippen LogP contribution in [0.15, 0.2) is 156 Å². The van der Waals surface area contributed by atoms with Crippen molar-refractivity contribution in [1.29, 1.82) is 0 Å². The van der Waals surface area contributed by atoms with Crippen molar-refractivity contribution in [2.24, 2.45) is 4.99 Å². The van der Waals surface area contributed by atoms with E-state index in [1.54, 1.807) is 103 Å². The van der Waals surface area contributed by atoms with E-state index in [9.17, 15) is 39.5 Å². The van der Waals surface area contributed by atoms with Crippen LogP contribution in [0.25, 0.3) is 62.1 Å². The van der Waals surface area contributed by atoms with Crippen LogP contribution >= 0.6 is 0 Å². The van der Waals surface area contributed by atoms with E-state index in [-0.39, 0.29) is 58.0 Å². The van der Waals surface area contributed by atoms with E-state index in [2.05, 4.69) is 0 Å². The third-order valence-corrected chi connectivity index (χ3v) is 11.9. The minimum absolute atomic E-state index is 0.00994. The van der Waals surface area contributed by atoms with Crippen LogP contribution in [0, 0.1) is 0 Å². The summed E-state index contributed by atoms with van der Waals surface area (Å²) < 4.78 is 127. The normalized spacial score (nSPS) is 15.2. The van der Waals surface area contributed by atoms with Gasteiger partial charge in [-0.15, -0.1) is 0 Å². The van der Waals surface area contributed by atoms with Gasteiger partial charge in [-0.25, -0.2) is 24.9 Å². The summed E-state index contributed by atoms with van der Waals surface area (Å²) in [6.45, 7) is 0. The molecule has 334 valence electrons. The lowest BCUT2D eigenvalue weighted by Gasteiger charge is -2.36. The Morgan fingerprint density at radius 1 is 0.478 bits per heavy atom. The summed E-state index contributed by atoms with van der Waals surface area (Å²) in [7, 11) is 1.68. The Morgan fingerprint density at radius 2 is 1.00 bits per heavy atom. The number of hydrogen-bond acceptors (Lipinski definition) is 6. The van der Waals surface area contributed by atoms with Crippen LogP contribution in [0.3, 0.4) is 0 Å². The van der Waals surface area contributed by atoms with E-state index < -0.39 is 41.3 Å². The molecule has 3 heterocycles. The SMILES string of the molecule is CN1c2cc(C(F)(F)F)ccc2N=C(c2cc(-c3nc4c(nc3-c3ccccc3)C=C(C(F)(F)F)CC4)cc(-c3nc4ccc(C(F)(F)F)cc4nc3-c3ccccc3)c2)C1c1ccccc1. The summed E-state index contributed by atoms with van der Waals surface area (Å²) in [5.74, 6) is 0. The van der Waals surface area contributed by atoms with Crippen LogP contribution in [0.4, 0.5) is 50.9 Å². The van der Waals surface area contributed by atoms with Crippen LogP contribution in [-0.4, -0.2) is 38.9 Å². The first-order chi connectivity index (χ1) is 32.0. The fraction of sp³-hybridized carbons (Fsp3) is 0.135. The molecule has 0 fully saturated rings. The lowest BCUT2D eigenvalue weighted by Crippen LogP contribution is -2.34. The third-order valence-electron chi connectivity index (χ3n) is 11.9. The minimum Gasteiger partial charge on any atom is -0.360 e. The van der Waals surface area contributed by atoms with E-state index >= 15 is 0 Å². The molecule has 0 spiro atoms. The van der Waals surface area contributed by atoms with E-state index in [1.165, 1.54) is 12.1 Å². The Morgan fingerprint density at radius 3 is 1.61 bits per heavy atom. The number of halogens is 9. The topological polar surface area (TPSA) is 67.2 Å². The molecule has 0 saturated carbocycles. The van der Waals surface area contributed by atoms with Crippen LogP contribution in [0.5, 0.6) is 0 Å². The molecule has 0 amide bonds. The first kappa shape index (κ1) is 43.2. The number of fused-ring (bicyclic) bond motifs is 3. The summed E-state index contributed by atoms with van der Waals surface area (Å²) in [6.07, 6.45) is -13.2. The molecule has 1 aliphatic heterocycles. The molecule has 0 N–H and O–H groups in total. The number of aromatic nitrogens is 4. The molecule has 6 aromatic carbocycles. The standard InChI is InChI=1S/C52H33F9N6/c1-67-43-28-37(52(59,60)61)19-22-40(43)64-48(49(67)31-15-9-4-10-16-31)34-24-32(46-44(29-11-5-2-6-12-29)65-41-26-35(50(53,54)55)17-20-38(41)62-46)23-33(25-34)47-45(30-13-7-3-8-14-30)66-42-27-36(51(56,57)58)18-21-39(42)63-47/h2-17,19-20,22-28,49H,18,21H2,1H3. The summed E-state index contributed by atoms with van der Waals surface area (Å²) in [4.78, 5) is 26.5. The number of alkyl halides is 9. The number of benzene rings is 6. The molecule has 2 aliphatic rings. The third kappa shape index (κ3) is 8.30. The van der Waals surface area contributed by atoms with Gasteiger partial charge in [0.2, 0.25) is 0 Å². The fourth-order valence-corrected chi connectivity index (χ4v) is 8.60. The highest BCUT2D eigenvalue weighted by Gasteiger charge is 2.38. The van der Waals surface area contributed by atoms with Crippen LogP contribution < -0.4 is 4.90 Å². The highest BCUT2D eigenvalue weighted by molar-refractivity contribution is 6.12. The van der Waals surface area contributed by atoms with Gasteiger partial charge in [-0.3, -0.25) is 0 Å². The van der Waals surface area contributed by atoms with Gasteiger partial charge >= 0.3 is 18.5 Å². The smallest absolute Gasteiger partial charge is 0.360 e. The number of aryl methyl sites for hydroxylation is 1. The zero-order valence-electron chi connectivity index (χ0n) is 35.0. The number of aliphatic imine (C=N–C) groups is 1. The Balaban J connectivity index is 1.29. The lowest BCUT2D eigenvalue weighted by atomic mass is 9.88. The molecule has 0 bridgehead atoms. The van der Waals surface area contributed by atoms with Crippen molar-refractivity contribution in [3.63, 3.8) is 0 Å². The van der Waals surface area contributed by atoms with Crippen molar-refractivity contribution in [3.05, 3.63) is 185 Å². The molecule has 2 aromatic heterocycles. The second-order valence-corrected chi connectivity index (χ2v) is 16.2. The molecule has 0 radical (unpaired) electrons. The highest BCUT2D eigenvalue weighted by Crippen LogP contribution is 2.46. The van der Waals surface area contributed by atoms with E-state index in [4.69, 9.17) is 24.9 Å². The van der Waals surface area contributed by atoms with Crippen molar-refractivity contribution in [1.82, 2.24) is 19.9 Å². The maximum absolute atomic E-state index is 14.1. The maximum Gasteiger partial charge on any atom is 0.416 e. The van der Waals surface area contributed by atoms with Gasteiger partial charge < -0.3 is 4.90 Å². The van der Waals surface area contributed by atoms with Gasteiger partial charge in [-0.1, -0.05) is 91.0 Å². The Hall–Kier alpha value is -7.68. The van der Waals surface area contributed by atoms with Crippen LogP contribution in [0.2, 0.25) is 0 Å². The first-order valence-corrected chi connectivity index (χ1v) is 20.9. The predicted octanol–water partition coefficient (Wildman–Crippen LogP) is 14.3. The fourth-order valence-electron chi connectivity index (χ4n) is 8.60. The quantitative estimate of drug-likeness (QED) is 0.156. The summed E-state index contributed by atoms with van der Waals surface area (Å²) in [5.41, 5.74) is 3.12. The van der Waals surface area contributed by atoms with Crippen molar-refractivity contribution in [2.75, 3.05) is 11.9 Å². The van der Waals surface area contributed by atoms with Gasteiger partial charge in [0, 0.05) is 34.9 Å². The number of anilines is 1. The molecule has 10 rings (SSSR count). The maximum atomic E-state index is 14.1. The van der Waals surface area contributed by atoms with E-state index in [0.717, 1.165) is 30.3 Å². The molecule has 1 atom stereocenters. The summed E-state index contributed by atoms with van der Waals surface area (Å²) in [5, 5.41) is 0. The molecule has 6 nitrogen and oxygen atoms in total. The molecule has 67 heavy (non-hydrogen) atoms. The average molecular weight is 913 g/mol. The lowest BCUT2D eigenvalue weighted by molar-refractivity contribution is -0.138. The highest BCUT2D eigenvalue weighted by atomic mass is 19.4. The van der Waals surface area contributed by atoms with Gasteiger partial charge in [0.1, 0.15) is 0 Å². The largest absolute Gasteiger partial charge is 0.416 e. The van der Waals surface area contributed by atoms with Crippen molar-refractivity contribution < 1.29 is 39.5 Å². The Labute approximate surface area is 376 Å². The number of allylic oxidation sites excluding steroid dienone is 1. The van der Waals surface area contributed by atoms with Gasteiger partial charge in [0.05, 0.1) is 79.5 Å². The van der Waals surface area contributed by atoms with Gasteiger partial charge in [-0.05, 0) is 84.6 Å². The predicted molar refractivity (Wildman–Crippen MR) is 239 cm³/mol. The van der Waals surface area contributed by atoms with E-state index in [0.29, 0.717) is 50.5 Å². The first-order valence-electron chi connectivity index (χ1n) is 20.9. The molecule has 1 unspecified atom stereocenters. The zero-order chi connectivity index (χ0) is 46.8. The molecule has 8 aromatic rings. The summed E-state index contributed by atoms with van der Waals surface area (Å²) >= 11 is 0. The van der Waals surface area contributed by atoms with Crippen LogP contribution in [0.1, 0.15) is 46.1 Å². The number of rotatable bonds is 6. The van der Waals surface area contributed by atoms with E-state index in [1.807, 2.05) is 18.2 Å². The second kappa shape index (κ2) is 16.3. The Kier molecular flexibility index (Phi) is 10.5. The molecule has 15 heteroatoms. The van der Waals surface area contributed by atoms with Crippen molar-refractivity contribution in [2.45, 2.75) is 37.4 Å². The summed E-state index contributed by atoms with van der Waals surface area (Å²) in [6, 6.07) is 37.8. The molecule has 0 saturated heterocycles. The molecular weight excluding hydrogens is 880 g/mol. The minimum atomic E-state index is -4.66. The number of likely N-dealkylation sites (N-methyl/N-ethyl adjacent to an activating group) is 1. The van der Waals surface area contributed by atoms with Crippen molar-refractivity contribution in [3.8, 4) is 45.0 Å². The number of nitrogens with zero attached hydrogens (tertiary/aromatic N) is 6. The molecular formula is C52H33F9N6. The van der Waals surface area contributed by atoms with Gasteiger partial charge in [0.25, 0.3) is 0 Å². The average Bonchev–Trinajstić information content (AvgIpc) is 3.32. The zero-order valence-corrected chi connectivity index (χ0v) is 35.0. The van der Waals surface area contributed by atoms with Gasteiger partial charge in [-0.2, -0.15) is 39.5 Å². The van der Waals surface area contributed by atoms with Crippen LogP contribution in [-0.2, 0) is 18.8 Å². The second-order valence-electron chi connectivity index (χ2n) is 16.2.